The number of sulfonamides is 1. The minimum Gasteiger partial charge on any atom is -0.310 e. The lowest BCUT2D eigenvalue weighted by Gasteiger charge is -2.06. The summed E-state index contributed by atoms with van der Waals surface area (Å²) in [6, 6.07) is 2.35. The van der Waals surface area contributed by atoms with Gasteiger partial charge >= 0.3 is 0 Å². The highest BCUT2D eigenvalue weighted by Crippen LogP contribution is 2.36. The molecule has 0 bridgehead atoms. The molecule has 2 rings (SSSR count). The van der Waals surface area contributed by atoms with Gasteiger partial charge in [-0.2, -0.15) is 0 Å². The van der Waals surface area contributed by atoms with E-state index in [9.17, 15) is 8.42 Å². The molecular weight excluding hydrogens is 304 g/mol. The maximum atomic E-state index is 12.5. The Morgan fingerprint density at radius 3 is 2.76 bits per heavy atom. The lowest BCUT2D eigenvalue weighted by atomic mass is 10.2. The zero-order valence-corrected chi connectivity index (χ0v) is 14.9. The topological polar surface area (TPSA) is 58.2 Å². The molecule has 21 heavy (non-hydrogen) atoms. The number of rotatable bonds is 8. The second kappa shape index (κ2) is 6.77. The largest absolute Gasteiger partial charge is 0.310 e. The van der Waals surface area contributed by atoms with Crippen LogP contribution in [0.5, 0.6) is 0 Å². The van der Waals surface area contributed by atoms with Gasteiger partial charge in [-0.05, 0) is 31.7 Å². The fourth-order valence-electron chi connectivity index (χ4n) is 2.53. The molecule has 1 saturated carbocycles. The highest BCUT2D eigenvalue weighted by atomic mass is 32.2. The summed E-state index contributed by atoms with van der Waals surface area (Å²) < 4.78 is 27.8. The average molecular weight is 331 g/mol. The highest BCUT2D eigenvalue weighted by molar-refractivity contribution is 7.89. The molecule has 0 spiro atoms. The van der Waals surface area contributed by atoms with Crippen LogP contribution in [0, 0.1) is 12.8 Å². The van der Waals surface area contributed by atoms with Crippen molar-refractivity contribution in [3.8, 4) is 0 Å². The summed E-state index contributed by atoms with van der Waals surface area (Å²) in [4.78, 5) is 2.40. The van der Waals surface area contributed by atoms with Gasteiger partial charge < -0.3 is 5.32 Å². The monoisotopic (exact) mass is 330 g/mol. The van der Waals surface area contributed by atoms with Gasteiger partial charge in [0.25, 0.3) is 0 Å². The Kier molecular flexibility index (Phi) is 5.46. The molecule has 1 aromatic heterocycles. The molecule has 0 saturated heterocycles. The molecule has 1 heterocycles. The maximum absolute atomic E-state index is 12.5. The van der Waals surface area contributed by atoms with E-state index in [-0.39, 0.29) is 6.04 Å². The van der Waals surface area contributed by atoms with Crippen molar-refractivity contribution in [2.75, 3.05) is 0 Å². The Bertz CT molecular complexity index is 578. The summed E-state index contributed by atoms with van der Waals surface area (Å²) in [5, 5.41) is 3.33. The first-order valence-electron chi connectivity index (χ1n) is 7.68. The number of thiophene rings is 1. The van der Waals surface area contributed by atoms with Crippen molar-refractivity contribution in [2.24, 2.45) is 5.92 Å². The Balaban J connectivity index is 2.03. The molecule has 120 valence electrons. The van der Waals surface area contributed by atoms with Gasteiger partial charge in [-0.1, -0.05) is 27.2 Å². The summed E-state index contributed by atoms with van der Waals surface area (Å²) in [6.45, 7) is 8.91. The first kappa shape index (κ1) is 16.9. The van der Waals surface area contributed by atoms with E-state index in [2.05, 4.69) is 30.8 Å². The Hall–Kier alpha value is -0.430. The molecule has 0 amide bonds. The molecule has 2 unspecified atom stereocenters. The Morgan fingerprint density at radius 1 is 1.43 bits per heavy atom. The van der Waals surface area contributed by atoms with Crippen LogP contribution in [-0.2, 0) is 16.6 Å². The van der Waals surface area contributed by atoms with E-state index < -0.39 is 10.0 Å². The fraction of sp³-hybridized carbons (Fsp3) is 0.733. The predicted octanol–water partition coefficient (Wildman–Crippen LogP) is 3.02. The van der Waals surface area contributed by atoms with Gasteiger partial charge in [-0.25, -0.2) is 13.1 Å². The van der Waals surface area contributed by atoms with Crippen LogP contribution in [0.3, 0.4) is 0 Å². The molecule has 1 aliphatic carbocycles. The van der Waals surface area contributed by atoms with Gasteiger partial charge in [0.1, 0.15) is 0 Å². The van der Waals surface area contributed by atoms with Crippen LogP contribution in [0.4, 0.5) is 0 Å². The zero-order chi connectivity index (χ0) is 15.6. The van der Waals surface area contributed by atoms with Crippen LogP contribution < -0.4 is 10.0 Å². The van der Waals surface area contributed by atoms with Crippen LogP contribution >= 0.6 is 11.3 Å². The van der Waals surface area contributed by atoms with Crippen LogP contribution in [-0.4, -0.2) is 20.5 Å². The van der Waals surface area contributed by atoms with Crippen LogP contribution in [0.15, 0.2) is 11.0 Å². The molecule has 1 fully saturated rings. The van der Waals surface area contributed by atoms with E-state index in [1.807, 2.05) is 13.0 Å². The molecule has 2 atom stereocenters. The van der Waals surface area contributed by atoms with E-state index in [4.69, 9.17) is 0 Å². The standard InChI is InChI=1S/C15H26N2O2S2/c1-5-6-12-7-14(12)17-21(18,19)15-8-13(20-11(15)4)9-16-10(2)3/h8,10,12,14,16-17H,5-7,9H2,1-4H3. The SMILES string of the molecule is CCCC1CC1NS(=O)(=O)c1cc(CNC(C)C)sc1C. The highest BCUT2D eigenvalue weighted by Gasteiger charge is 2.39. The third kappa shape index (κ3) is 4.52. The Labute approximate surface area is 132 Å². The normalized spacial score (nSPS) is 22.0. The van der Waals surface area contributed by atoms with Crippen molar-refractivity contribution in [3.05, 3.63) is 15.8 Å². The first-order valence-corrected chi connectivity index (χ1v) is 9.98. The fourth-order valence-corrected chi connectivity index (χ4v) is 5.43. The predicted molar refractivity (Wildman–Crippen MR) is 88.2 cm³/mol. The summed E-state index contributed by atoms with van der Waals surface area (Å²) >= 11 is 1.56. The molecule has 1 aliphatic rings. The molecule has 0 radical (unpaired) electrons. The zero-order valence-electron chi connectivity index (χ0n) is 13.3. The smallest absolute Gasteiger partial charge is 0.241 e. The third-order valence-corrected chi connectivity index (χ3v) is 6.58. The van der Waals surface area contributed by atoms with Crippen molar-refractivity contribution in [3.63, 3.8) is 0 Å². The summed E-state index contributed by atoms with van der Waals surface area (Å²) in [6.07, 6.45) is 3.21. The van der Waals surface area contributed by atoms with Crippen molar-refractivity contribution in [1.82, 2.24) is 10.0 Å². The molecule has 0 aliphatic heterocycles. The maximum Gasteiger partial charge on any atom is 0.241 e. The van der Waals surface area contributed by atoms with Crippen molar-refractivity contribution in [1.29, 1.82) is 0 Å². The molecule has 1 aromatic rings. The van der Waals surface area contributed by atoms with Crippen LogP contribution in [0.25, 0.3) is 0 Å². The summed E-state index contributed by atoms with van der Waals surface area (Å²) in [5.74, 6) is 0.533. The van der Waals surface area contributed by atoms with Crippen molar-refractivity contribution in [2.45, 2.75) is 70.5 Å². The quantitative estimate of drug-likeness (QED) is 0.770. The molecule has 2 N–H and O–H groups in total. The average Bonchev–Trinajstić information content (AvgIpc) is 2.96. The van der Waals surface area contributed by atoms with Gasteiger partial charge in [0.2, 0.25) is 10.0 Å². The molecule has 0 aromatic carbocycles. The second-order valence-corrected chi connectivity index (χ2v) is 9.20. The lowest BCUT2D eigenvalue weighted by Crippen LogP contribution is -2.27. The number of aryl methyl sites for hydroxylation is 1. The Morgan fingerprint density at radius 2 is 2.14 bits per heavy atom. The van der Waals surface area contributed by atoms with Crippen LogP contribution in [0.2, 0.25) is 0 Å². The van der Waals surface area contributed by atoms with E-state index in [0.717, 1.165) is 35.6 Å². The summed E-state index contributed by atoms with van der Waals surface area (Å²) in [7, 11) is -3.36. The van der Waals surface area contributed by atoms with Gasteiger partial charge in [0, 0.05) is 28.4 Å². The minimum atomic E-state index is -3.36. The van der Waals surface area contributed by atoms with Gasteiger partial charge in [-0.3, -0.25) is 0 Å². The molecule has 4 nitrogen and oxygen atoms in total. The number of hydrogen-bond donors (Lipinski definition) is 2. The van der Waals surface area contributed by atoms with E-state index in [0.29, 0.717) is 16.9 Å². The number of nitrogens with one attached hydrogen (secondary N) is 2. The third-order valence-electron chi connectivity index (χ3n) is 3.79. The van der Waals surface area contributed by atoms with Gasteiger partial charge in [0.05, 0.1) is 4.90 Å². The van der Waals surface area contributed by atoms with E-state index in [1.165, 1.54) is 0 Å². The van der Waals surface area contributed by atoms with Gasteiger partial charge in [-0.15, -0.1) is 11.3 Å². The van der Waals surface area contributed by atoms with E-state index >= 15 is 0 Å². The van der Waals surface area contributed by atoms with E-state index in [1.54, 1.807) is 11.3 Å². The van der Waals surface area contributed by atoms with Crippen LogP contribution in [0.1, 0.15) is 49.8 Å². The lowest BCUT2D eigenvalue weighted by molar-refractivity contribution is 0.572. The van der Waals surface area contributed by atoms with Gasteiger partial charge in [0.15, 0.2) is 0 Å². The van der Waals surface area contributed by atoms with Crippen molar-refractivity contribution < 1.29 is 8.42 Å². The summed E-state index contributed by atoms with van der Waals surface area (Å²) in [5.41, 5.74) is 0. The van der Waals surface area contributed by atoms with Crippen molar-refractivity contribution >= 4 is 21.4 Å². The molecular formula is C15H26N2O2S2. The second-order valence-electron chi connectivity index (χ2n) is 6.18. The minimum absolute atomic E-state index is 0.145. The first-order chi connectivity index (χ1) is 9.83. The molecule has 6 heteroatoms. The number of hydrogen-bond acceptors (Lipinski definition) is 4.